The predicted octanol–water partition coefficient (Wildman–Crippen LogP) is 3.92. The fourth-order valence-corrected chi connectivity index (χ4v) is 1.89. The van der Waals surface area contributed by atoms with Crippen molar-refractivity contribution < 1.29 is 9.90 Å². The van der Waals surface area contributed by atoms with Gasteiger partial charge >= 0.3 is 0 Å². The van der Waals surface area contributed by atoms with E-state index in [0.29, 0.717) is 6.42 Å². The molecule has 0 spiro atoms. The van der Waals surface area contributed by atoms with Crippen LogP contribution < -0.4 is 0 Å². The van der Waals surface area contributed by atoms with Gasteiger partial charge in [-0.05, 0) is 35.4 Å². The third kappa shape index (κ3) is 2.64. The van der Waals surface area contributed by atoms with E-state index in [9.17, 15) is 9.90 Å². The van der Waals surface area contributed by atoms with E-state index >= 15 is 0 Å². The number of unbranched alkanes of at least 4 members (excludes halogenated alkanes) is 1. The average molecular weight is 228 g/mol. The summed E-state index contributed by atoms with van der Waals surface area (Å²) in [5.74, 6) is 0.449. The molecular formula is C15H16O2. The number of phenolic OH excluding ortho intramolecular Hbond substituents is 1. The Kier molecular flexibility index (Phi) is 3.43. The summed E-state index contributed by atoms with van der Waals surface area (Å²) in [6, 6.07) is 10.8. The van der Waals surface area contributed by atoms with Gasteiger partial charge in [-0.2, -0.15) is 0 Å². The number of benzene rings is 2. The Morgan fingerprint density at radius 1 is 1.12 bits per heavy atom. The van der Waals surface area contributed by atoms with E-state index in [-0.39, 0.29) is 11.5 Å². The first-order valence-electron chi connectivity index (χ1n) is 5.96. The summed E-state index contributed by atoms with van der Waals surface area (Å²) in [5, 5.41) is 11.3. The van der Waals surface area contributed by atoms with Crippen LogP contribution in [-0.4, -0.2) is 10.9 Å². The Morgan fingerprint density at radius 3 is 2.59 bits per heavy atom. The first-order valence-corrected chi connectivity index (χ1v) is 5.96. The zero-order valence-electron chi connectivity index (χ0n) is 9.94. The smallest absolute Gasteiger partial charge is 0.162 e. The molecule has 0 atom stereocenters. The van der Waals surface area contributed by atoms with Crippen molar-refractivity contribution in [3.63, 3.8) is 0 Å². The third-order valence-electron chi connectivity index (χ3n) is 2.90. The van der Waals surface area contributed by atoms with E-state index < -0.39 is 0 Å². The molecule has 1 N–H and O–H groups in total. The summed E-state index contributed by atoms with van der Waals surface area (Å²) in [4.78, 5) is 11.9. The minimum Gasteiger partial charge on any atom is -0.508 e. The van der Waals surface area contributed by atoms with Crippen molar-refractivity contribution in [2.24, 2.45) is 0 Å². The van der Waals surface area contributed by atoms with Crippen LogP contribution in [0.25, 0.3) is 10.8 Å². The van der Waals surface area contributed by atoms with E-state index in [0.717, 1.165) is 29.2 Å². The molecule has 2 aromatic rings. The third-order valence-corrected chi connectivity index (χ3v) is 2.90. The number of rotatable bonds is 4. The minimum atomic E-state index is 0.196. The number of hydrogen-bond donors (Lipinski definition) is 1. The number of aromatic hydroxyl groups is 1. The molecule has 0 unspecified atom stereocenters. The highest BCUT2D eigenvalue weighted by Crippen LogP contribution is 2.21. The Morgan fingerprint density at radius 2 is 1.82 bits per heavy atom. The molecule has 88 valence electrons. The average Bonchev–Trinajstić information content (AvgIpc) is 2.35. The summed E-state index contributed by atoms with van der Waals surface area (Å²) in [5.41, 5.74) is 0.761. The highest BCUT2D eigenvalue weighted by molar-refractivity contribution is 6.00. The van der Waals surface area contributed by atoms with Gasteiger partial charge in [0, 0.05) is 12.0 Å². The van der Waals surface area contributed by atoms with E-state index in [1.165, 1.54) is 0 Å². The largest absolute Gasteiger partial charge is 0.508 e. The van der Waals surface area contributed by atoms with E-state index in [1.807, 2.05) is 24.3 Å². The second kappa shape index (κ2) is 5.00. The fourth-order valence-electron chi connectivity index (χ4n) is 1.89. The molecule has 0 aliphatic heterocycles. The van der Waals surface area contributed by atoms with Gasteiger partial charge in [-0.3, -0.25) is 4.79 Å². The van der Waals surface area contributed by atoms with Crippen molar-refractivity contribution >= 4 is 16.6 Å². The highest BCUT2D eigenvalue weighted by Gasteiger charge is 2.06. The SMILES string of the molecule is CCCCC(=O)c1ccc2cc(O)ccc2c1. The number of Topliss-reactive ketones (excluding diaryl/α,β-unsaturated/α-hetero) is 1. The van der Waals surface area contributed by atoms with Crippen LogP contribution in [0.1, 0.15) is 36.5 Å². The molecule has 0 saturated carbocycles. The van der Waals surface area contributed by atoms with E-state index in [2.05, 4.69) is 6.92 Å². The second-order valence-electron chi connectivity index (χ2n) is 4.27. The van der Waals surface area contributed by atoms with Crippen molar-refractivity contribution in [1.29, 1.82) is 0 Å². The number of carbonyl (C=O) groups excluding carboxylic acids is 1. The summed E-state index contributed by atoms with van der Waals surface area (Å²) < 4.78 is 0. The van der Waals surface area contributed by atoms with Gasteiger partial charge in [0.2, 0.25) is 0 Å². The summed E-state index contributed by atoms with van der Waals surface area (Å²) in [6.45, 7) is 2.08. The molecule has 0 fully saturated rings. The number of carbonyl (C=O) groups is 1. The molecule has 0 saturated heterocycles. The Balaban J connectivity index is 2.31. The number of phenols is 1. The minimum absolute atomic E-state index is 0.196. The van der Waals surface area contributed by atoms with Crippen LogP contribution in [0.2, 0.25) is 0 Å². The molecule has 2 aromatic carbocycles. The maximum absolute atomic E-state index is 11.9. The molecule has 0 aliphatic carbocycles. The lowest BCUT2D eigenvalue weighted by molar-refractivity contribution is 0.0980. The van der Waals surface area contributed by atoms with Crippen LogP contribution in [0.4, 0.5) is 0 Å². The second-order valence-corrected chi connectivity index (χ2v) is 4.27. The Bertz CT molecular complexity index is 544. The van der Waals surface area contributed by atoms with Gasteiger partial charge in [-0.25, -0.2) is 0 Å². The van der Waals surface area contributed by atoms with Crippen LogP contribution in [0.3, 0.4) is 0 Å². The predicted molar refractivity (Wildman–Crippen MR) is 69.5 cm³/mol. The van der Waals surface area contributed by atoms with Crippen molar-refractivity contribution in [1.82, 2.24) is 0 Å². The van der Waals surface area contributed by atoms with Crippen molar-refractivity contribution in [2.45, 2.75) is 26.2 Å². The summed E-state index contributed by atoms with van der Waals surface area (Å²) >= 11 is 0. The van der Waals surface area contributed by atoms with Gasteiger partial charge < -0.3 is 5.11 Å². The molecule has 2 nitrogen and oxygen atoms in total. The monoisotopic (exact) mass is 228 g/mol. The van der Waals surface area contributed by atoms with Crippen LogP contribution in [-0.2, 0) is 0 Å². The van der Waals surface area contributed by atoms with Gasteiger partial charge in [-0.15, -0.1) is 0 Å². The van der Waals surface area contributed by atoms with Crippen molar-refractivity contribution in [3.8, 4) is 5.75 Å². The number of fused-ring (bicyclic) bond motifs is 1. The molecule has 2 rings (SSSR count). The molecule has 0 heterocycles. The lowest BCUT2D eigenvalue weighted by atomic mass is 10.0. The fraction of sp³-hybridized carbons (Fsp3) is 0.267. The van der Waals surface area contributed by atoms with E-state index in [4.69, 9.17) is 0 Å². The van der Waals surface area contributed by atoms with Gasteiger partial charge in [0.25, 0.3) is 0 Å². The molecule has 17 heavy (non-hydrogen) atoms. The maximum Gasteiger partial charge on any atom is 0.162 e. The van der Waals surface area contributed by atoms with Crippen LogP contribution in [0, 0.1) is 0 Å². The normalized spacial score (nSPS) is 10.6. The molecule has 2 heteroatoms. The quantitative estimate of drug-likeness (QED) is 0.805. The Labute approximate surface area is 101 Å². The summed E-state index contributed by atoms with van der Waals surface area (Å²) in [7, 11) is 0. The molecule has 0 radical (unpaired) electrons. The molecular weight excluding hydrogens is 212 g/mol. The van der Waals surface area contributed by atoms with Crippen molar-refractivity contribution in [3.05, 3.63) is 42.0 Å². The maximum atomic E-state index is 11.9. The van der Waals surface area contributed by atoms with Gasteiger partial charge in [-0.1, -0.05) is 31.5 Å². The molecule has 0 aliphatic rings. The van der Waals surface area contributed by atoms with Crippen LogP contribution >= 0.6 is 0 Å². The molecule has 0 bridgehead atoms. The molecule has 0 aromatic heterocycles. The first kappa shape index (κ1) is 11.6. The number of ketones is 1. The van der Waals surface area contributed by atoms with Gasteiger partial charge in [0.15, 0.2) is 5.78 Å². The lowest BCUT2D eigenvalue weighted by Crippen LogP contribution is -1.98. The Hall–Kier alpha value is -1.83. The van der Waals surface area contributed by atoms with Crippen LogP contribution in [0.5, 0.6) is 5.75 Å². The zero-order chi connectivity index (χ0) is 12.3. The lowest BCUT2D eigenvalue weighted by Gasteiger charge is -2.03. The molecule has 0 amide bonds. The van der Waals surface area contributed by atoms with Crippen LogP contribution in [0.15, 0.2) is 36.4 Å². The first-order chi connectivity index (χ1) is 8.20. The van der Waals surface area contributed by atoms with E-state index in [1.54, 1.807) is 12.1 Å². The van der Waals surface area contributed by atoms with Gasteiger partial charge in [0.1, 0.15) is 5.75 Å². The standard InChI is InChI=1S/C15H16O2/c1-2-3-4-15(17)13-6-5-12-10-14(16)8-7-11(12)9-13/h5-10,16H,2-4H2,1H3. The van der Waals surface area contributed by atoms with Crippen molar-refractivity contribution in [2.75, 3.05) is 0 Å². The number of hydrogen-bond acceptors (Lipinski definition) is 2. The zero-order valence-corrected chi connectivity index (χ0v) is 9.94. The summed E-state index contributed by atoms with van der Waals surface area (Å²) in [6.07, 6.45) is 2.58. The highest BCUT2D eigenvalue weighted by atomic mass is 16.3. The topological polar surface area (TPSA) is 37.3 Å². The van der Waals surface area contributed by atoms with Gasteiger partial charge in [0.05, 0.1) is 0 Å².